The molecule has 82 valence electrons. The third-order valence-electron chi connectivity index (χ3n) is 2.25. The molecule has 0 saturated carbocycles. The van der Waals surface area contributed by atoms with Crippen molar-refractivity contribution in [3.8, 4) is 0 Å². The van der Waals surface area contributed by atoms with Gasteiger partial charge in [-0.2, -0.15) is 0 Å². The minimum atomic E-state index is -0.842. The van der Waals surface area contributed by atoms with Crippen molar-refractivity contribution in [3.63, 3.8) is 0 Å². The van der Waals surface area contributed by atoms with E-state index in [1.165, 1.54) is 0 Å². The second kappa shape index (κ2) is 7.54. The maximum atomic E-state index is 11.8. The lowest BCUT2D eigenvalue weighted by Gasteiger charge is -2.07. The molecule has 0 bridgehead atoms. The van der Waals surface area contributed by atoms with Gasteiger partial charge in [0.05, 0.1) is 6.67 Å². The smallest absolute Gasteiger partial charge is 0.331 e. The zero-order chi connectivity index (χ0) is 11.0. The average Bonchev–Trinajstić information content (AvgIpc) is 2.15. The summed E-state index contributed by atoms with van der Waals surface area (Å²) in [6, 6.07) is 0. The summed E-state index contributed by atoms with van der Waals surface area (Å²) in [6.07, 6.45) is 4.43. The van der Waals surface area contributed by atoms with Gasteiger partial charge in [-0.15, -0.1) is 0 Å². The third kappa shape index (κ3) is 5.73. The Morgan fingerprint density at radius 2 is 2.21 bits per heavy atom. The molecule has 0 fully saturated rings. The van der Waals surface area contributed by atoms with Gasteiger partial charge in [0.2, 0.25) is 0 Å². The molecule has 2 nitrogen and oxygen atoms in total. The van der Waals surface area contributed by atoms with Crippen LogP contribution in [0, 0.1) is 5.92 Å². The van der Waals surface area contributed by atoms with Crippen LogP contribution in [0.25, 0.3) is 0 Å². The van der Waals surface area contributed by atoms with Gasteiger partial charge >= 0.3 is 5.97 Å². The second-order valence-electron chi connectivity index (χ2n) is 3.56. The molecule has 14 heavy (non-hydrogen) atoms. The van der Waals surface area contributed by atoms with Gasteiger partial charge in [-0.05, 0) is 31.6 Å². The lowest BCUT2D eigenvalue weighted by Crippen LogP contribution is -2.01. The van der Waals surface area contributed by atoms with Crippen LogP contribution in [-0.2, 0) is 4.79 Å². The van der Waals surface area contributed by atoms with Crippen molar-refractivity contribution in [1.82, 2.24) is 0 Å². The summed E-state index contributed by atoms with van der Waals surface area (Å²) < 4.78 is 11.8. The first kappa shape index (κ1) is 13.1. The lowest BCUT2D eigenvalue weighted by molar-refractivity contribution is -0.132. The molecule has 0 spiro atoms. The van der Waals surface area contributed by atoms with Crippen molar-refractivity contribution < 1.29 is 14.3 Å². The van der Waals surface area contributed by atoms with Crippen molar-refractivity contribution in [2.75, 3.05) is 6.67 Å². The fourth-order valence-electron chi connectivity index (χ4n) is 1.27. The predicted octanol–water partition coefficient (Wildman–Crippen LogP) is 3.18. The van der Waals surface area contributed by atoms with Crippen LogP contribution < -0.4 is 0 Å². The number of halogens is 1. The summed E-state index contributed by atoms with van der Waals surface area (Å²) in [7, 11) is 0. The van der Waals surface area contributed by atoms with Crippen LogP contribution in [0.15, 0.2) is 11.6 Å². The van der Waals surface area contributed by atoms with Crippen LogP contribution in [0.2, 0.25) is 0 Å². The monoisotopic (exact) mass is 202 g/mol. The van der Waals surface area contributed by atoms with E-state index < -0.39 is 5.97 Å². The highest BCUT2D eigenvalue weighted by atomic mass is 19.1. The van der Waals surface area contributed by atoms with Gasteiger partial charge in [-0.1, -0.05) is 19.9 Å². The largest absolute Gasteiger partial charge is 0.478 e. The molecule has 0 aromatic rings. The Labute approximate surface area is 84.8 Å². The maximum Gasteiger partial charge on any atom is 0.331 e. The molecular formula is C11H19FO2. The van der Waals surface area contributed by atoms with E-state index in [4.69, 9.17) is 5.11 Å². The molecule has 1 N–H and O–H groups in total. The molecule has 0 aliphatic carbocycles. The number of aliphatic carboxylic acids is 1. The molecule has 0 aromatic heterocycles. The van der Waals surface area contributed by atoms with Gasteiger partial charge < -0.3 is 5.11 Å². The first-order valence-electron chi connectivity index (χ1n) is 5.10. The Kier molecular flexibility index (Phi) is 7.07. The van der Waals surface area contributed by atoms with Gasteiger partial charge in [0.1, 0.15) is 0 Å². The molecule has 0 heterocycles. The van der Waals surface area contributed by atoms with Gasteiger partial charge in [0.15, 0.2) is 0 Å². The number of alkyl halides is 1. The number of allylic oxidation sites excluding steroid dienone is 1. The molecule has 0 amide bonds. The molecule has 0 saturated heterocycles. The topological polar surface area (TPSA) is 37.3 Å². The minimum absolute atomic E-state index is 0.284. The van der Waals surface area contributed by atoms with Gasteiger partial charge in [0, 0.05) is 5.57 Å². The number of rotatable bonds is 7. The van der Waals surface area contributed by atoms with E-state index in [1.807, 2.05) is 13.8 Å². The van der Waals surface area contributed by atoms with E-state index >= 15 is 0 Å². The van der Waals surface area contributed by atoms with E-state index in [1.54, 1.807) is 6.08 Å². The Hall–Kier alpha value is -0.860. The van der Waals surface area contributed by atoms with Crippen molar-refractivity contribution >= 4 is 5.97 Å². The summed E-state index contributed by atoms with van der Waals surface area (Å²) in [5.41, 5.74) is 0.456. The number of carboxylic acid groups (broad SMARTS) is 1. The summed E-state index contributed by atoms with van der Waals surface area (Å²) in [4.78, 5) is 10.6. The third-order valence-corrected chi connectivity index (χ3v) is 2.25. The molecule has 1 unspecified atom stereocenters. The van der Waals surface area contributed by atoms with Crippen LogP contribution in [0.5, 0.6) is 0 Å². The van der Waals surface area contributed by atoms with Crippen LogP contribution >= 0.6 is 0 Å². The molecule has 0 aromatic carbocycles. The Balaban J connectivity index is 3.92. The molecule has 0 aliphatic heterocycles. The van der Waals surface area contributed by atoms with Crippen molar-refractivity contribution in [2.24, 2.45) is 5.92 Å². The zero-order valence-corrected chi connectivity index (χ0v) is 8.92. The summed E-state index contributed by atoms with van der Waals surface area (Å²) in [6.45, 7) is 3.56. The SMILES string of the molecule is CCC(=CCC(C)CCCF)C(=O)O. The molecule has 0 rings (SSSR count). The number of hydrogen-bond donors (Lipinski definition) is 1. The average molecular weight is 202 g/mol. The Morgan fingerprint density at radius 3 is 2.64 bits per heavy atom. The van der Waals surface area contributed by atoms with Crippen molar-refractivity contribution in [3.05, 3.63) is 11.6 Å². The van der Waals surface area contributed by atoms with Crippen LogP contribution in [0.1, 0.15) is 39.5 Å². The highest BCUT2D eigenvalue weighted by Gasteiger charge is 2.05. The fourth-order valence-corrected chi connectivity index (χ4v) is 1.27. The van der Waals surface area contributed by atoms with Crippen molar-refractivity contribution in [1.29, 1.82) is 0 Å². The van der Waals surface area contributed by atoms with Crippen LogP contribution in [0.3, 0.4) is 0 Å². The highest BCUT2D eigenvalue weighted by molar-refractivity contribution is 5.86. The first-order valence-corrected chi connectivity index (χ1v) is 5.10. The van der Waals surface area contributed by atoms with E-state index in [-0.39, 0.29) is 6.67 Å². The standard InChI is InChI=1S/C11H19FO2/c1-3-10(11(13)14)7-6-9(2)5-4-8-12/h7,9H,3-6,8H2,1-2H3,(H,13,14). The van der Waals surface area contributed by atoms with Crippen LogP contribution in [-0.4, -0.2) is 17.8 Å². The fraction of sp³-hybridized carbons (Fsp3) is 0.727. The van der Waals surface area contributed by atoms with E-state index in [0.29, 0.717) is 24.3 Å². The maximum absolute atomic E-state index is 11.8. The zero-order valence-electron chi connectivity index (χ0n) is 8.92. The molecule has 0 aliphatic rings. The molecule has 1 atom stereocenters. The van der Waals surface area contributed by atoms with Crippen LogP contribution in [0.4, 0.5) is 4.39 Å². The van der Waals surface area contributed by atoms with Gasteiger partial charge in [-0.3, -0.25) is 4.39 Å². The number of carbonyl (C=O) groups is 1. The quantitative estimate of drug-likeness (QED) is 0.644. The second-order valence-corrected chi connectivity index (χ2v) is 3.56. The van der Waals surface area contributed by atoms with E-state index in [9.17, 15) is 9.18 Å². The number of hydrogen-bond acceptors (Lipinski definition) is 1. The summed E-state index contributed by atoms with van der Waals surface area (Å²) >= 11 is 0. The molecular weight excluding hydrogens is 183 g/mol. The summed E-state index contributed by atoms with van der Waals surface area (Å²) in [5.74, 6) is -0.475. The van der Waals surface area contributed by atoms with Gasteiger partial charge in [-0.25, -0.2) is 4.79 Å². The molecule has 0 radical (unpaired) electrons. The highest BCUT2D eigenvalue weighted by Crippen LogP contribution is 2.13. The van der Waals surface area contributed by atoms with E-state index in [0.717, 1.165) is 12.8 Å². The van der Waals surface area contributed by atoms with Gasteiger partial charge in [0.25, 0.3) is 0 Å². The minimum Gasteiger partial charge on any atom is -0.478 e. The van der Waals surface area contributed by atoms with E-state index in [2.05, 4.69) is 0 Å². The van der Waals surface area contributed by atoms with Crippen molar-refractivity contribution in [2.45, 2.75) is 39.5 Å². The number of carboxylic acids is 1. The first-order chi connectivity index (χ1) is 6.61. The normalized spacial score (nSPS) is 14.1. The Morgan fingerprint density at radius 1 is 1.57 bits per heavy atom. The summed E-state index contributed by atoms with van der Waals surface area (Å²) in [5, 5.41) is 8.73. The lowest BCUT2D eigenvalue weighted by atomic mass is 10.00. The predicted molar refractivity (Wildman–Crippen MR) is 55.0 cm³/mol. The molecule has 3 heteroatoms. The Bertz CT molecular complexity index is 199.